The summed E-state index contributed by atoms with van der Waals surface area (Å²) in [6.45, 7) is 4.49. The SMILES string of the molecule is CCCCN1CC1n1nc2ccccc2n1. The van der Waals surface area contributed by atoms with E-state index in [0.717, 1.165) is 17.6 Å². The predicted molar refractivity (Wildman–Crippen MR) is 63.0 cm³/mol. The van der Waals surface area contributed by atoms with Crippen LogP contribution in [0, 0.1) is 0 Å². The predicted octanol–water partition coefficient (Wildman–Crippen LogP) is 2.05. The van der Waals surface area contributed by atoms with E-state index in [4.69, 9.17) is 0 Å². The maximum atomic E-state index is 4.50. The van der Waals surface area contributed by atoms with Crippen molar-refractivity contribution >= 4 is 11.0 Å². The number of benzene rings is 1. The van der Waals surface area contributed by atoms with Crippen LogP contribution in [0.5, 0.6) is 0 Å². The molecule has 0 saturated carbocycles. The normalized spacial score (nSPS) is 23.8. The highest BCUT2D eigenvalue weighted by molar-refractivity contribution is 5.73. The maximum absolute atomic E-state index is 4.50. The van der Waals surface area contributed by atoms with Crippen LogP contribution in [0.1, 0.15) is 25.9 Å². The first-order valence-electron chi connectivity index (χ1n) is 5.94. The number of unbranched alkanes of at least 4 members (excludes halogenated alkanes) is 1. The average molecular weight is 216 g/mol. The third kappa shape index (κ3) is 1.69. The first-order chi connectivity index (χ1) is 7.88. The zero-order valence-electron chi connectivity index (χ0n) is 9.50. The lowest BCUT2D eigenvalue weighted by atomic mass is 10.3. The molecule has 1 aliphatic heterocycles. The third-order valence-electron chi connectivity index (χ3n) is 3.05. The lowest BCUT2D eigenvalue weighted by Crippen LogP contribution is -2.07. The molecule has 2 unspecified atom stereocenters. The summed E-state index contributed by atoms with van der Waals surface area (Å²) >= 11 is 0. The van der Waals surface area contributed by atoms with Gasteiger partial charge in [0.1, 0.15) is 17.2 Å². The van der Waals surface area contributed by atoms with Crippen LogP contribution in [-0.4, -0.2) is 33.0 Å². The summed E-state index contributed by atoms with van der Waals surface area (Å²) < 4.78 is 0. The summed E-state index contributed by atoms with van der Waals surface area (Å²) in [5.74, 6) is 0. The van der Waals surface area contributed by atoms with Crippen molar-refractivity contribution in [3.8, 4) is 0 Å². The fraction of sp³-hybridized carbons (Fsp3) is 0.500. The summed E-state index contributed by atoms with van der Waals surface area (Å²) in [5.41, 5.74) is 1.98. The second-order valence-corrected chi connectivity index (χ2v) is 4.34. The van der Waals surface area contributed by atoms with E-state index < -0.39 is 0 Å². The molecule has 1 aromatic heterocycles. The second-order valence-electron chi connectivity index (χ2n) is 4.34. The fourth-order valence-electron chi connectivity index (χ4n) is 1.99. The fourth-order valence-corrected chi connectivity index (χ4v) is 1.99. The Hall–Kier alpha value is -1.42. The molecule has 0 N–H and O–H groups in total. The Balaban J connectivity index is 1.76. The highest BCUT2D eigenvalue weighted by Crippen LogP contribution is 2.28. The first-order valence-corrected chi connectivity index (χ1v) is 5.94. The summed E-state index contributed by atoms with van der Waals surface area (Å²) in [6.07, 6.45) is 2.91. The van der Waals surface area contributed by atoms with Crippen molar-refractivity contribution in [1.82, 2.24) is 19.9 Å². The van der Waals surface area contributed by atoms with Crippen molar-refractivity contribution < 1.29 is 0 Å². The molecule has 16 heavy (non-hydrogen) atoms. The van der Waals surface area contributed by atoms with Crippen LogP contribution in [-0.2, 0) is 0 Å². The maximum Gasteiger partial charge on any atom is 0.137 e. The zero-order valence-corrected chi connectivity index (χ0v) is 9.50. The molecule has 1 saturated heterocycles. The van der Waals surface area contributed by atoms with E-state index in [1.54, 1.807) is 0 Å². The molecule has 1 fully saturated rings. The van der Waals surface area contributed by atoms with Crippen LogP contribution in [0.15, 0.2) is 24.3 Å². The minimum Gasteiger partial charge on any atom is -0.276 e. The monoisotopic (exact) mass is 216 g/mol. The van der Waals surface area contributed by atoms with Crippen molar-refractivity contribution in [2.75, 3.05) is 13.1 Å². The average Bonchev–Trinajstić information content (AvgIpc) is 2.96. The molecule has 0 aliphatic carbocycles. The first kappa shape index (κ1) is 9.78. The Bertz CT molecular complexity index is 457. The van der Waals surface area contributed by atoms with E-state index in [1.807, 2.05) is 29.1 Å². The van der Waals surface area contributed by atoms with Crippen LogP contribution >= 0.6 is 0 Å². The van der Waals surface area contributed by atoms with E-state index in [0.29, 0.717) is 6.17 Å². The van der Waals surface area contributed by atoms with Crippen LogP contribution in [0.3, 0.4) is 0 Å². The molecule has 2 aromatic rings. The van der Waals surface area contributed by atoms with Gasteiger partial charge in [0.15, 0.2) is 0 Å². The summed E-state index contributed by atoms with van der Waals surface area (Å²) in [6, 6.07) is 8.03. The van der Waals surface area contributed by atoms with Crippen molar-refractivity contribution in [1.29, 1.82) is 0 Å². The van der Waals surface area contributed by atoms with E-state index in [9.17, 15) is 0 Å². The van der Waals surface area contributed by atoms with Crippen molar-refractivity contribution in [2.45, 2.75) is 25.9 Å². The number of hydrogen-bond donors (Lipinski definition) is 0. The van der Waals surface area contributed by atoms with Gasteiger partial charge in [-0.15, -0.1) is 0 Å². The van der Waals surface area contributed by atoms with Gasteiger partial charge in [-0.05, 0) is 18.6 Å². The second kappa shape index (κ2) is 3.87. The number of hydrogen-bond acceptors (Lipinski definition) is 3. The quantitative estimate of drug-likeness (QED) is 0.733. The lowest BCUT2D eigenvalue weighted by Gasteiger charge is -2.00. The molecule has 2 heterocycles. The molecule has 1 aliphatic rings. The topological polar surface area (TPSA) is 33.7 Å². The standard InChI is InChI=1S/C12H16N4/c1-2-3-8-15-9-12(15)16-13-10-6-4-5-7-11(10)14-16/h4-7,12H,2-3,8-9H2,1H3. The number of rotatable bonds is 4. The minimum atomic E-state index is 0.402. The van der Waals surface area contributed by atoms with Gasteiger partial charge in [-0.3, -0.25) is 4.90 Å². The third-order valence-corrected chi connectivity index (χ3v) is 3.05. The van der Waals surface area contributed by atoms with Crippen LogP contribution in [0.2, 0.25) is 0 Å². The number of fused-ring (bicyclic) bond motifs is 1. The Morgan fingerprint density at radius 3 is 2.56 bits per heavy atom. The summed E-state index contributed by atoms with van der Waals surface area (Å²) in [4.78, 5) is 4.27. The highest BCUT2D eigenvalue weighted by atomic mass is 15.6. The molecule has 3 rings (SSSR count). The molecule has 0 radical (unpaired) electrons. The molecular weight excluding hydrogens is 200 g/mol. The molecule has 1 aromatic carbocycles. The number of nitrogens with zero attached hydrogens (tertiary/aromatic N) is 4. The van der Waals surface area contributed by atoms with Gasteiger partial charge in [-0.2, -0.15) is 15.0 Å². The molecule has 4 heteroatoms. The lowest BCUT2D eigenvalue weighted by molar-refractivity contribution is 0.394. The van der Waals surface area contributed by atoms with E-state index in [2.05, 4.69) is 22.0 Å². The van der Waals surface area contributed by atoms with Gasteiger partial charge in [0.05, 0.1) is 0 Å². The van der Waals surface area contributed by atoms with Crippen molar-refractivity contribution in [2.24, 2.45) is 0 Å². The summed E-state index contributed by atoms with van der Waals surface area (Å²) in [5, 5.41) is 8.99. The van der Waals surface area contributed by atoms with Crippen LogP contribution in [0.25, 0.3) is 11.0 Å². The molecule has 84 valence electrons. The van der Waals surface area contributed by atoms with E-state index in [1.165, 1.54) is 19.4 Å². The van der Waals surface area contributed by atoms with Gasteiger partial charge in [0.25, 0.3) is 0 Å². The molecule has 0 amide bonds. The van der Waals surface area contributed by atoms with Gasteiger partial charge in [-0.25, -0.2) is 0 Å². The number of aromatic nitrogens is 3. The Morgan fingerprint density at radius 2 is 1.94 bits per heavy atom. The van der Waals surface area contributed by atoms with Gasteiger partial charge in [0, 0.05) is 13.1 Å². The smallest absolute Gasteiger partial charge is 0.137 e. The van der Waals surface area contributed by atoms with Crippen molar-refractivity contribution in [3.05, 3.63) is 24.3 Å². The Labute approximate surface area is 94.9 Å². The molecule has 4 nitrogen and oxygen atoms in total. The largest absolute Gasteiger partial charge is 0.276 e. The Morgan fingerprint density at radius 1 is 1.25 bits per heavy atom. The molecule has 0 bridgehead atoms. The van der Waals surface area contributed by atoms with Gasteiger partial charge >= 0.3 is 0 Å². The van der Waals surface area contributed by atoms with Gasteiger partial charge in [0.2, 0.25) is 0 Å². The minimum absolute atomic E-state index is 0.402. The van der Waals surface area contributed by atoms with Crippen molar-refractivity contribution in [3.63, 3.8) is 0 Å². The molecule has 0 spiro atoms. The molecule has 2 atom stereocenters. The van der Waals surface area contributed by atoms with Crippen LogP contribution < -0.4 is 0 Å². The van der Waals surface area contributed by atoms with Crippen LogP contribution in [0.4, 0.5) is 0 Å². The Kier molecular flexibility index (Phi) is 2.36. The molecular formula is C12H16N4. The summed E-state index contributed by atoms with van der Waals surface area (Å²) in [7, 11) is 0. The van der Waals surface area contributed by atoms with E-state index in [-0.39, 0.29) is 0 Å². The van der Waals surface area contributed by atoms with Gasteiger partial charge in [-0.1, -0.05) is 25.5 Å². The van der Waals surface area contributed by atoms with E-state index >= 15 is 0 Å². The van der Waals surface area contributed by atoms with Gasteiger partial charge < -0.3 is 0 Å². The zero-order chi connectivity index (χ0) is 11.0. The highest BCUT2D eigenvalue weighted by Gasteiger charge is 2.36.